The number of imide groups is 1. The average Bonchev–Trinajstić information content (AvgIpc) is 2.64. The van der Waals surface area contributed by atoms with Gasteiger partial charge in [-0.2, -0.15) is 5.06 Å². The van der Waals surface area contributed by atoms with Gasteiger partial charge in [0, 0.05) is 7.05 Å². The summed E-state index contributed by atoms with van der Waals surface area (Å²) >= 11 is 2.20. The summed E-state index contributed by atoms with van der Waals surface area (Å²) in [5.74, 6) is -0.536. The second-order valence-corrected chi connectivity index (χ2v) is 6.00. The van der Waals surface area contributed by atoms with Crippen molar-refractivity contribution in [2.45, 2.75) is 17.5 Å². The summed E-state index contributed by atoms with van der Waals surface area (Å²) in [4.78, 5) is 35.7. The molecule has 0 bridgehead atoms. The van der Waals surface area contributed by atoms with Crippen LogP contribution in [-0.4, -0.2) is 89.6 Å². The molecule has 1 heterocycles. The number of carbonyl (C=O) groups is 3. The summed E-state index contributed by atoms with van der Waals surface area (Å²) in [5.41, 5.74) is 0. The molecule has 0 spiro atoms. The van der Waals surface area contributed by atoms with Gasteiger partial charge in [0.25, 0.3) is 0 Å². The molecular weight excluding hydrogens is 341 g/mol. The third kappa shape index (κ3) is 6.56. The molecule has 118 valence electrons. The molecule has 8 nitrogen and oxygen atoms in total. The first kappa shape index (κ1) is 18.1. The van der Waals surface area contributed by atoms with Gasteiger partial charge in [0.2, 0.25) is 0 Å². The molecule has 0 aromatic rings. The Bertz CT molecular complexity index is 391. The van der Waals surface area contributed by atoms with E-state index >= 15 is 0 Å². The minimum atomic E-state index is -0.305. The zero-order valence-corrected chi connectivity index (χ0v) is 13.8. The fourth-order valence-corrected chi connectivity index (χ4v) is 2.39. The second-order valence-electron chi connectivity index (χ2n) is 4.70. The van der Waals surface area contributed by atoms with Crippen molar-refractivity contribution in [3.8, 4) is 0 Å². The van der Waals surface area contributed by atoms with Crippen LogP contribution in [0.1, 0.15) is 12.8 Å². The summed E-state index contributed by atoms with van der Waals surface area (Å²) in [6.45, 7) is 1.39. The van der Waals surface area contributed by atoms with Gasteiger partial charge in [-0.15, -0.1) is 0 Å². The fraction of sp³-hybridized carbons (Fsp3) is 0.750. The zero-order chi connectivity index (χ0) is 15.8. The Labute approximate surface area is 132 Å². The van der Waals surface area contributed by atoms with E-state index in [1.165, 1.54) is 11.9 Å². The van der Waals surface area contributed by atoms with Crippen LogP contribution >= 0.6 is 0 Å². The standard InChI is InChI=1S/C12H20AsN3O5/c1-15(20)4-3-14-10(17)2-6-21-7-5-16-11(18)8-9(13)12(16)19/h9,20H,2-8H2,1H3,(H,14,17). The number of rotatable bonds is 9. The van der Waals surface area contributed by atoms with E-state index in [9.17, 15) is 14.4 Å². The molecule has 1 unspecified atom stereocenters. The van der Waals surface area contributed by atoms with Crippen LogP contribution in [0.2, 0.25) is 4.71 Å². The number of nitrogens with one attached hydrogen (secondary N) is 1. The molecule has 1 fully saturated rings. The van der Waals surface area contributed by atoms with Crippen molar-refractivity contribution in [2.75, 3.05) is 39.9 Å². The monoisotopic (exact) mass is 361 g/mol. The van der Waals surface area contributed by atoms with E-state index in [1.54, 1.807) is 0 Å². The van der Waals surface area contributed by atoms with E-state index in [0.29, 0.717) is 13.1 Å². The van der Waals surface area contributed by atoms with Crippen LogP contribution in [0.4, 0.5) is 0 Å². The first-order valence-electron chi connectivity index (χ1n) is 6.68. The van der Waals surface area contributed by atoms with Crippen molar-refractivity contribution < 1.29 is 24.3 Å². The summed E-state index contributed by atoms with van der Waals surface area (Å²) < 4.78 is 4.95. The molecule has 9 heteroatoms. The van der Waals surface area contributed by atoms with Crippen LogP contribution in [0, 0.1) is 0 Å². The maximum atomic E-state index is 11.6. The summed E-state index contributed by atoms with van der Waals surface area (Å²) in [5, 5.41) is 12.5. The van der Waals surface area contributed by atoms with E-state index in [4.69, 9.17) is 9.94 Å². The number of hydrogen-bond donors (Lipinski definition) is 2. The van der Waals surface area contributed by atoms with Gasteiger partial charge >= 0.3 is 114 Å². The average molecular weight is 361 g/mol. The number of amides is 3. The van der Waals surface area contributed by atoms with Crippen LogP contribution in [0.5, 0.6) is 0 Å². The maximum absolute atomic E-state index is 11.6. The molecule has 1 saturated heterocycles. The first-order valence-corrected chi connectivity index (χ1v) is 7.77. The predicted octanol–water partition coefficient (Wildman–Crippen LogP) is -1.45. The van der Waals surface area contributed by atoms with Gasteiger partial charge in [-0.25, -0.2) is 0 Å². The zero-order valence-electron chi connectivity index (χ0n) is 11.9. The Morgan fingerprint density at radius 1 is 1.52 bits per heavy atom. The topological polar surface area (TPSA) is 99.2 Å². The Kier molecular flexibility index (Phi) is 7.88. The van der Waals surface area contributed by atoms with Gasteiger partial charge in [0.05, 0.1) is 0 Å². The molecule has 1 atom stereocenters. The minimum absolute atomic E-state index is 0.170. The van der Waals surface area contributed by atoms with Crippen LogP contribution in [-0.2, 0) is 19.1 Å². The van der Waals surface area contributed by atoms with Crippen LogP contribution in [0.3, 0.4) is 0 Å². The molecule has 3 amide bonds. The molecule has 1 aliphatic rings. The van der Waals surface area contributed by atoms with Crippen LogP contribution in [0.25, 0.3) is 0 Å². The molecule has 2 N–H and O–H groups in total. The van der Waals surface area contributed by atoms with Crippen molar-refractivity contribution >= 4 is 34.6 Å². The molecule has 21 heavy (non-hydrogen) atoms. The normalized spacial score (nSPS) is 18.7. The van der Waals surface area contributed by atoms with Gasteiger partial charge in [-0.1, -0.05) is 0 Å². The molecule has 0 saturated carbocycles. The van der Waals surface area contributed by atoms with Gasteiger partial charge in [0.15, 0.2) is 0 Å². The van der Waals surface area contributed by atoms with Crippen molar-refractivity contribution in [1.29, 1.82) is 0 Å². The Morgan fingerprint density at radius 3 is 2.81 bits per heavy atom. The van der Waals surface area contributed by atoms with Gasteiger partial charge < -0.3 is 5.21 Å². The fourth-order valence-electron chi connectivity index (χ4n) is 1.77. The number of likely N-dealkylation sites (N-methyl/N-ethyl adjacent to an activating group) is 1. The third-order valence-corrected chi connectivity index (χ3v) is 3.76. The van der Waals surface area contributed by atoms with Crippen molar-refractivity contribution in [3.05, 3.63) is 0 Å². The third-order valence-electron chi connectivity index (χ3n) is 2.91. The van der Waals surface area contributed by atoms with E-state index < -0.39 is 0 Å². The van der Waals surface area contributed by atoms with E-state index in [0.717, 1.165) is 5.06 Å². The first-order chi connectivity index (χ1) is 9.91. The SMILES string of the molecule is CN(O)CCNC(=O)CCOCCN1C(=O)CC([As])C1=O. The molecule has 2 radical (unpaired) electrons. The molecule has 0 aromatic heterocycles. The Hall–Kier alpha value is -0.952. The number of ether oxygens (including phenoxy) is 1. The predicted molar refractivity (Wildman–Crippen MR) is 73.7 cm³/mol. The van der Waals surface area contributed by atoms with E-state index in [-0.39, 0.29) is 55.0 Å². The molecule has 0 aromatic carbocycles. The van der Waals surface area contributed by atoms with Gasteiger partial charge in [-0.3, -0.25) is 0 Å². The quantitative estimate of drug-likeness (QED) is 0.226. The van der Waals surface area contributed by atoms with Crippen molar-refractivity contribution in [1.82, 2.24) is 15.3 Å². The molecule has 1 rings (SSSR count). The number of nitrogens with zero attached hydrogens (tertiary/aromatic N) is 2. The van der Waals surface area contributed by atoms with E-state index in [1.807, 2.05) is 0 Å². The van der Waals surface area contributed by atoms with Crippen LogP contribution in [0.15, 0.2) is 0 Å². The molecule has 0 aliphatic carbocycles. The van der Waals surface area contributed by atoms with Gasteiger partial charge in [-0.05, 0) is 0 Å². The summed E-state index contributed by atoms with van der Waals surface area (Å²) in [6, 6.07) is 0. The molecule has 1 aliphatic heterocycles. The number of hydrogen-bond acceptors (Lipinski definition) is 6. The Morgan fingerprint density at radius 2 is 2.24 bits per heavy atom. The van der Waals surface area contributed by atoms with E-state index in [2.05, 4.69) is 22.2 Å². The molecular formula is C12H20AsN3O5. The summed E-state index contributed by atoms with van der Waals surface area (Å²) in [7, 11) is 1.50. The van der Waals surface area contributed by atoms with Crippen LogP contribution < -0.4 is 5.32 Å². The summed E-state index contributed by atoms with van der Waals surface area (Å²) in [6.07, 6.45) is 0.435. The number of carbonyl (C=O) groups excluding carboxylic acids is 3. The van der Waals surface area contributed by atoms with Crippen molar-refractivity contribution in [3.63, 3.8) is 0 Å². The second kappa shape index (κ2) is 9.14. The van der Waals surface area contributed by atoms with Gasteiger partial charge in [0.1, 0.15) is 0 Å². The number of hydroxylamine groups is 2. The Balaban J connectivity index is 2.05. The number of likely N-dealkylation sites (tertiary alicyclic amines) is 1. The van der Waals surface area contributed by atoms with Crippen molar-refractivity contribution in [2.24, 2.45) is 0 Å².